The third kappa shape index (κ3) is 10.3. The van der Waals surface area contributed by atoms with Crippen LogP contribution in [-0.4, -0.2) is 45.2 Å². The maximum atomic E-state index is 6.48. The van der Waals surface area contributed by atoms with Crippen LogP contribution in [0, 0.1) is 46.3 Å². The first kappa shape index (κ1) is 38.4. The number of unbranched alkanes of at least 4 members (excludes halogenated alkanes) is 6. The monoisotopic (exact) mass is 644 g/mol. The molecule has 2 N–H and O–H groups in total. The van der Waals surface area contributed by atoms with Gasteiger partial charge >= 0.3 is 0 Å². The molecule has 0 aromatic heterocycles. The van der Waals surface area contributed by atoms with Crippen LogP contribution >= 0.6 is 0 Å². The van der Waals surface area contributed by atoms with Crippen molar-refractivity contribution in [3.63, 3.8) is 0 Å². The van der Waals surface area contributed by atoms with Gasteiger partial charge in [-0.25, -0.2) is 0 Å². The zero-order chi connectivity index (χ0) is 33.0. The smallest absolute Gasteiger partial charge is 0.0640 e. The van der Waals surface area contributed by atoms with Crippen LogP contribution in [-0.2, 0) is 14.2 Å². The van der Waals surface area contributed by atoms with E-state index in [1.54, 1.807) is 5.57 Å². The van der Waals surface area contributed by atoms with E-state index < -0.39 is 0 Å². The van der Waals surface area contributed by atoms with Gasteiger partial charge in [-0.15, -0.1) is 0 Å². The number of nitrogens with two attached hydrogens (primary N) is 1. The standard InChI is InChI=1S/C42H77NO3/c1-7-8-9-10-11-12-26-44-30-35(43)31-45-27-13-14-28-46-36-22-24-41(5)34(29-36)18-19-37-39-21-20-38(33(4)17-15-16-32(2)3)42(39,6)25-23-40(37)41/h18,32-33,35-40H,7-17,19-31,43H2,1-6H3/t33-,35-,36+,37+,38-,39+,40+,41+,42-/m1/s1. The third-order valence-corrected chi connectivity index (χ3v) is 13.6. The molecule has 0 amide bonds. The van der Waals surface area contributed by atoms with Crippen molar-refractivity contribution >= 4 is 0 Å². The third-order valence-electron chi connectivity index (χ3n) is 13.6. The highest BCUT2D eigenvalue weighted by molar-refractivity contribution is 5.25. The van der Waals surface area contributed by atoms with Crippen molar-refractivity contribution in [1.82, 2.24) is 0 Å². The van der Waals surface area contributed by atoms with E-state index in [1.807, 2.05) is 0 Å². The summed E-state index contributed by atoms with van der Waals surface area (Å²) in [5.41, 5.74) is 8.93. The number of fused-ring (bicyclic) bond motifs is 5. The molecule has 9 atom stereocenters. The summed E-state index contributed by atoms with van der Waals surface area (Å²) in [7, 11) is 0. The van der Waals surface area contributed by atoms with Crippen molar-refractivity contribution in [1.29, 1.82) is 0 Å². The maximum Gasteiger partial charge on any atom is 0.0640 e. The largest absolute Gasteiger partial charge is 0.380 e. The molecule has 46 heavy (non-hydrogen) atoms. The minimum Gasteiger partial charge on any atom is -0.380 e. The van der Waals surface area contributed by atoms with Gasteiger partial charge < -0.3 is 19.9 Å². The van der Waals surface area contributed by atoms with E-state index in [0.717, 1.165) is 74.6 Å². The number of allylic oxidation sites excluding steroid dienone is 1. The van der Waals surface area contributed by atoms with Gasteiger partial charge in [-0.3, -0.25) is 0 Å². The van der Waals surface area contributed by atoms with Crippen LogP contribution in [0.25, 0.3) is 0 Å². The van der Waals surface area contributed by atoms with Gasteiger partial charge in [0.25, 0.3) is 0 Å². The molecule has 4 nitrogen and oxygen atoms in total. The van der Waals surface area contributed by atoms with Gasteiger partial charge in [0.15, 0.2) is 0 Å². The Bertz CT molecular complexity index is 888. The Morgan fingerprint density at radius 3 is 2.22 bits per heavy atom. The average molecular weight is 644 g/mol. The molecule has 0 aromatic carbocycles. The lowest BCUT2D eigenvalue weighted by Gasteiger charge is -2.58. The molecule has 0 radical (unpaired) electrons. The second-order valence-corrected chi connectivity index (χ2v) is 17.4. The van der Waals surface area contributed by atoms with Crippen molar-refractivity contribution in [2.45, 2.75) is 176 Å². The van der Waals surface area contributed by atoms with Gasteiger partial charge in [0.2, 0.25) is 0 Å². The normalized spacial score (nSPS) is 33.7. The Morgan fingerprint density at radius 2 is 1.48 bits per heavy atom. The lowest BCUT2D eigenvalue weighted by molar-refractivity contribution is -0.0643. The number of rotatable bonds is 22. The number of hydrogen-bond acceptors (Lipinski definition) is 4. The van der Waals surface area contributed by atoms with E-state index >= 15 is 0 Å². The lowest BCUT2D eigenvalue weighted by Crippen LogP contribution is -2.51. The quantitative estimate of drug-likeness (QED) is 0.0942. The van der Waals surface area contributed by atoms with E-state index in [9.17, 15) is 0 Å². The zero-order valence-electron chi connectivity index (χ0n) is 31.5. The summed E-state index contributed by atoms with van der Waals surface area (Å²) >= 11 is 0. The predicted octanol–water partition coefficient (Wildman–Crippen LogP) is 10.9. The average Bonchev–Trinajstić information content (AvgIpc) is 3.39. The first-order chi connectivity index (χ1) is 22.2. The molecule has 268 valence electrons. The minimum atomic E-state index is -0.0209. The molecule has 3 saturated carbocycles. The van der Waals surface area contributed by atoms with E-state index in [-0.39, 0.29) is 6.04 Å². The van der Waals surface area contributed by atoms with Crippen LogP contribution in [0.5, 0.6) is 0 Å². The van der Waals surface area contributed by atoms with Crippen LogP contribution in [0.2, 0.25) is 0 Å². The number of hydrogen-bond donors (Lipinski definition) is 1. The molecule has 3 fully saturated rings. The molecule has 0 aliphatic heterocycles. The summed E-state index contributed by atoms with van der Waals surface area (Å²) in [4.78, 5) is 0. The Balaban J connectivity index is 1.10. The van der Waals surface area contributed by atoms with E-state index in [0.29, 0.717) is 30.1 Å². The fraction of sp³-hybridized carbons (Fsp3) is 0.952. The predicted molar refractivity (Wildman–Crippen MR) is 195 cm³/mol. The van der Waals surface area contributed by atoms with Crippen molar-refractivity contribution in [3.8, 4) is 0 Å². The van der Waals surface area contributed by atoms with Crippen LogP contribution in [0.1, 0.15) is 164 Å². The van der Waals surface area contributed by atoms with Crippen molar-refractivity contribution in [3.05, 3.63) is 11.6 Å². The molecule has 4 rings (SSSR count). The maximum absolute atomic E-state index is 6.48. The van der Waals surface area contributed by atoms with Crippen LogP contribution < -0.4 is 5.73 Å². The van der Waals surface area contributed by atoms with Crippen molar-refractivity contribution in [2.75, 3.05) is 33.0 Å². The van der Waals surface area contributed by atoms with E-state index in [4.69, 9.17) is 19.9 Å². The molecule has 0 bridgehead atoms. The topological polar surface area (TPSA) is 53.7 Å². The first-order valence-corrected chi connectivity index (χ1v) is 20.4. The highest BCUT2D eigenvalue weighted by Gasteiger charge is 2.59. The Morgan fingerprint density at radius 1 is 0.783 bits per heavy atom. The summed E-state index contributed by atoms with van der Waals surface area (Å²) in [5, 5.41) is 0. The molecule has 0 aromatic rings. The Kier molecular flexibility index (Phi) is 15.9. The Labute approximate surface area is 286 Å². The fourth-order valence-electron chi connectivity index (χ4n) is 10.9. The lowest BCUT2D eigenvalue weighted by atomic mass is 9.47. The molecule has 0 spiro atoms. The highest BCUT2D eigenvalue weighted by Crippen LogP contribution is 2.67. The van der Waals surface area contributed by atoms with Gasteiger partial charge in [-0.1, -0.05) is 105 Å². The SMILES string of the molecule is CCCCCCCCOC[C@@H](N)COCCCCO[C@H]1CC[C@@]2(C)C(=CC[C@H]3[C@@H]4CC[C@H]([C@H](C)CCCC(C)C)[C@@]4(C)CC[C@@H]32)C1. The summed E-state index contributed by atoms with van der Waals surface area (Å²) in [6.45, 7) is 18.6. The summed E-state index contributed by atoms with van der Waals surface area (Å²) in [6.07, 6.45) is 28.2. The van der Waals surface area contributed by atoms with Gasteiger partial charge in [-0.2, -0.15) is 0 Å². The van der Waals surface area contributed by atoms with Gasteiger partial charge in [0.05, 0.1) is 25.4 Å². The van der Waals surface area contributed by atoms with Crippen LogP contribution in [0.15, 0.2) is 11.6 Å². The van der Waals surface area contributed by atoms with E-state index in [1.165, 1.54) is 103 Å². The second kappa shape index (κ2) is 19.1. The zero-order valence-corrected chi connectivity index (χ0v) is 31.5. The van der Waals surface area contributed by atoms with Crippen molar-refractivity contribution in [2.24, 2.45) is 52.1 Å². The molecule has 4 aliphatic carbocycles. The second-order valence-electron chi connectivity index (χ2n) is 17.4. The molecule has 0 heterocycles. The summed E-state index contributed by atoms with van der Waals surface area (Å²) in [5.74, 6) is 5.44. The molecule has 0 unspecified atom stereocenters. The summed E-state index contributed by atoms with van der Waals surface area (Å²) < 4.78 is 18.1. The molecule has 4 aliphatic rings. The van der Waals surface area contributed by atoms with Gasteiger partial charge in [-0.05, 0) is 117 Å². The van der Waals surface area contributed by atoms with Crippen LogP contribution in [0.3, 0.4) is 0 Å². The van der Waals surface area contributed by atoms with Crippen molar-refractivity contribution < 1.29 is 14.2 Å². The van der Waals surface area contributed by atoms with E-state index in [2.05, 4.69) is 47.6 Å². The van der Waals surface area contributed by atoms with Gasteiger partial charge in [0, 0.05) is 19.8 Å². The van der Waals surface area contributed by atoms with Gasteiger partial charge in [0.1, 0.15) is 0 Å². The first-order valence-electron chi connectivity index (χ1n) is 20.4. The highest BCUT2D eigenvalue weighted by atomic mass is 16.5. The molecule has 4 heteroatoms. The molecule has 0 saturated heterocycles. The summed E-state index contributed by atoms with van der Waals surface area (Å²) in [6, 6.07) is -0.0209. The van der Waals surface area contributed by atoms with Crippen LogP contribution in [0.4, 0.5) is 0 Å². The minimum absolute atomic E-state index is 0.0209. The number of ether oxygens (including phenoxy) is 3. The molecular formula is C42H77NO3. The molecular weight excluding hydrogens is 566 g/mol. The fourth-order valence-corrected chi connectivity index (χ4v) is 10.9. The Hall–Kier alpha value is -0.420.